The Morgan fingerprint density at radius 2 is 2.05 bits per heavy atom. The standard InChI is InChI=1S/C16H19NO2/c1-5-17(10-11(2)3)16(18)15-12(4)13-8-6-7-9-14(13)19-15/h6-9H,2,5,10H2,1,3-4H3. The molecule has 0 aliphatic rings. The zero-order valence-electron chi connectivity index (χ0n) is 11.7. The quantitative estimate of drug-likeness (QED) is 0.781. The van der Waals surface area contributed by atoms with Crippen molar-refractivity contribution >= 4 is 16.9 Å². The molecule has 0 aliphatic carbocycles. The van der Waals surface area contributed by atoms with Crippen molar-refractivity contribution < 1.29 is 9.21 Å². The molecular formula is C16H19NO2. The number of hydrogen-bond donors (Lipinski definition) is 0. The Bertz CT molecular complexity index is 625. The van der Waals surface area contributed by atoms with Crippen molar-refractivity contribution in [1.29, 1.82) is 0 Å². The molecule has 0 atom stereocenters. The van der Waals surface area contributed by atoms with Gasteiger partial charge in [-0.3, -0.25) is 4.79 Å². The molecule has 0 fully saturated rings. The summed E-state index contributed by atoms with van der Waals surface area (Å²) in [7, 11) is 0. The number of furan rings is 1. The smallest absolute Gasteiger partial charge is 0.290 e. The van der Waals surface area contributed by atoms with Crippen LogP contribution in [0.5, 0.6) is 0 Å². The van der Waals surface area contributed by atoms with Crippen molar-refractivity contribution in [2.45, 2.75) is 20.8 Å². The van der Waals surface area contributed by atoms with Crippen molar-refractivity contribution in [3.63, 3.8) is 0 Å². The fraction of sp³-hybridized carbons (Fsp3) is 0.312. The van der Waals surface area contributed by atoms with Gasteiger partial charge < -0.3 is 9.32 Å². The number of carbonyl (C=O) groups is 1. The molecule has 2 aromatic rings. The second-order valence-corrected chi connectivity index (χ2v) is 4.83. The number of para-hydroxylation sites is 1. The van der Waals surface area contributed by atoms with Crippen molar-refractivity contribution in [2.75, 3.05) is 13.1 Å². The van der Waals surface area contributed by atoms with Crippen molar-refractivity contribution in [2.24, 2.45) is 0 Å². The number of rotatable bonds is 4. The van der Waals surface area contributed by atoms with Crippen LogP contribution in [0.1, 0.15) is 30.0 Å². The Hall–Kier alpha value is -2.03. The molecule has 3 nitrogen and oxygen atoms in total. The van der Waals surface area contributed by atoms with E-state index in [1.54, 1.807) is 4.90 Å². The molecule has 1 aromatic heterocycles. The lowest BCUT2D eigenvalue weighted by Gasteiger charge is -2.19. The maximum atomic E-state index is 12.5. The highest BCUT2D eigenvalue weighted by Crippen LogP contribution is 2.26. The maximum Gasteiger partial charge on any atom is 0.290 e. The van der Waals surface area contributed by atoms with Crippen LogP contribution in [0.15, 0.2) is 40.8 Å². The van der Waals surface area contributed by atoms with E-state index in [4.69, 9.17) is 4.42 Å². The predicted molar refractivity (Wildman–Crippen MR) is 77.3 cm³/mol. The minimum Gasteiger partial charge on any atom is -0.451 e. The molecule has 0 spiro atoms. The second kappa shape index (κ2) is 5.31. The summed E-state index contributed by atoms with van der Waals surface area (Å²) in [4.78, 5) is 14.2. The van der Waals surface area contributed by atoms with E-state index in [-0.39, 0.29) is 5.91 Å². The molecule has 0 aliphatic heterocycles. The van der Waals surface area contributed by atoms with Crippen molar-refractivity contribution in [1.82, 2.24) is 4.90 Å². The second-order valence-electron chi connectivity index (χ2n) is 4.83. The number of nitrogens with zero attached hydrogens (tertiary/aromatic N) is 1. The Labute approximate surface area is 113 Å². The van der Waals surface area contributed by atoms with Gasteiger partial charge in [-0.2, -0.15) is 0 Å². The number of likely N-dealkylation sites (N-methyl/N-ethyl adjacent to an activating group) is 1. The molecule has 0 N–H and O–H groups in total. The van der Waals surface area contributed by atoms with E-state index in [2.05, 4.69) is 6.58 Å². The average molecular weight is 257 g/mol. The lowest BCUT2D eigenvalue weighted by Crippen LogP contribution is -2.32. The van der Waals surface area contributed by atoms with E-state index in [1.807, 2.05) is 45.0 Å². The first kappa shape index (κ1) is 13.4. The third-order valence-corrected chi connectivity index (χ3v) is 3.17. The molecule has 100 valence electrons. The van der Waals surface area contributed by atoms with Crippen LogP contribution in [0.3, 0.4) is 0 Å². The number of fused-ring (bicyclic) bond motifs is 1. The van der Waals surface area contributed by atoms with Crippen LogP contribution in [0.2, 0.25) is 0 Å². The van der Waals surface area contributed by atoms with Crippen LogP contribution in [-0.2, 0) is 0 Å². The number of carbonyl (C=O) groups excluding carboxylic acids is 1. The highest BCUT2D eigenvalue weighted by Gasteiger charge is 2.21. The fourth-order valence-electron chi connectivity index (χ4n) is 2.17. The van der Waals surface area contributed by atoms with Crippen LogP contribution in [-0.4, -0.2) is 23.9 Å². The van der Waals surface area contributed by atoms with Crippen molar-refractivity contribution in [3.8, 4) is 0 Å². The first-order valence-corrected chi connectivity index (χ1v) is 6.46. The third-order valence-electron chi connectivity index (χ3n) is 3.17. The lowest BCUT2D eigenvalue weighted by atomic mass is 10.1. The van der Waals surface area contributed by atoms with Gasteiger partial charge in [0.05, 0.1) is 0 Å². The van der Waals surface area contributed by atoms with Crippen LogP contribution in [0.25, 0.3) is 11.0 Å². The van der Waals surface area contributed by atoms with E-state index in [0.717, 1.165) is 22.1 Å². The molecule has 0 bridgehead atoms. The molecular weight excluding hydrogens is 238 g/mol. The first-order chi connectivity index (χ1) is 9.04. The SMILES string of the molecule is C=C(C)CN(CC)C(=O)c1oc2ccccc2c1C. The molecule has 3 heteroatoms. The summed E-state index contributed by atoms with van der Waals surface area (Å²) in [5.74, 6) is 0.364. The van der Waals surface area contributed by atoms with Gasteiger partial charge in [-0.25, -0.2) is 0 Å². The molecule has 0 unspecified atom stereocenters. The highest BCUT2D eigenvalue weighted by molar-refractivity contribution is 5.99. The van der Waals surface area contributed by atoms with Crippen LogP contribution in [0.4, 0.5) is 0 Å². The number of hydrogen-bond acceptors (Lipinski definition) is 2. The summed E-state index contributed by atoms with van der Waals surface area (Å²) in [6.45, 7) is 10.9. The maximum absolute atomic E-state index is 12.5. The summed E-state index contributed by atoms with van der Waals surface area (Å²) < 4.78 is 5.70. The van der Waals surface area contributed by atoms with Gasteiger partial charge in [0.25, 0.3) is 5.91 Å². The molecule has 19 heavy (non-hydrogen) atoms. The van der Waals surface area contributed by atoms with E-state index >= 15 is 0 Å². The number of benzene rings is 1. The largest absolute Gasteiger partial charge is 0.451 e. The van der Waals surface area contributed by atoms with E-state index < -0.39 is 0 Å². The Balaban J connectivity index is 2.40. The van der Waals surface area contributed by atoms with E-state index in [9.17, 15) is 4.79 Å². The molecule has 0 saturated heterocycles. The zero-order chi connectivity index (χ0) is 14.0. The van der Waals surface area contributed by atoms with Crippen LogP contribution in [0, 0.1) is 6.92 Å². The van der Waals surface area contributed by atoms with Gasteiger partial charge in [0.15, 0.2) is 5.76 Å². The Morgan fingerprint density at radius 3 is 2.63 bits per heavy atom. The minimum absolute atomic E-state index is 0.0702. The average Bonchev–Trinajstić information content (AvgIpc) is 2.73. The van der Waals surface area contributed by atoms with E-state index in [0.29, 0.717) is 18.8 Å². The molecule has 1 amide bonds. The monoisotopic (exact) mass is 257 g/mol. The summed E-state index contributed by atoms with van der Waals surface area (Å²) >= 11 is 0. The van der Waals surface area contributed by atoms with Gasteiger partial charge in [-0.05, 0) is 26.8 Å². The van der Waals surface area contributed by atoms with Gasteiger partial charge in [-0.1, -0.05) is 30.4 Å². The van der Waals surface area contributed by atoms with Gasteiger partial charge >= 0.3 is 0 Å². The predicted octanol–water partition coefficient (Wildman–Crippen LogP) is 3.78. The molecule has 1 aromatic carbocycles. The molecule has 2 rings (SSSR count). The van der Waals surface area contributed by atoms with Crippen molar-refractivity contribution in [3.05, 3.63) is 47.7 Å². The minimum atomic E-state index is -0.0702. The third kappa shape index (κ3) is 2.55. The van der Waals surface area contributed by atoms with Gasteiger partial charge in [0.1, 0.15) is 5.58 Å². The summed E-state index contributed by atoms with van der Waals surface area (Å²) in [6, 6.07) is 7.71. The Morgan fingerprint density at radius 1 is 1.37 bits per heavy atom. The summed E-state index contributed by atoms with van der Waals surface area (Å²) in [6.07, 6.45) is 0. The van der Waals surface area contributed by atoms with E-state index in [1.165, 1.54) is 0 Å². The van der Waals surface area contributed by atoms with Crippen LogP contribution < -0.4 is 0 Å². The summed E-state index contributed by atoms with van der Waals surface area (Å²) in [5, 5.41) is 0.997. The number of aryl methyl sites for hydroxylation is 1. The number of amides is 1. The lowest BCUT2D eigenvalue weighted by molar-refractivity contribution is 0.0748. The van der Waals surface area contributed by atoms with Crippen LogP contribution >= 0.6 is 0 Å². The zero-order valence-corrected chi connectivity index (χ0v) is 11.7. The Kier molecular flexibility index (Phi) is 3.74. The molecule has 0 radical (unpaired) electrons. The fourth-order valence-corrected chi connectivity index (χ4v) is 2.17. The highest BCUT2D eigenvalue weighted by atomic mass is 16.3. The first-order valence-electron chi connectivity index (χ1n) is 6.46. The topological polar surface area (TPSA) is 33.5 Å². The normalized spacial score (nSPS) is 10.7. The molecule has 1 heterocycles. The summed E-state index contributed by atoms with van der Waals surface area (Å²) in [5.41, 5.74) is 2.62. The molecule has 0 saturated carbocycles. The van der Waals surface area contributed by atoms with Gasteiger partial charge in [-0.15, -0.1) is 0 Å². The van der Waals surface area contributed by atoms with Gasteiger partial charge in [0, 0.05) is 24.0 Å². The van der Waals surface area contributed by atoms with Gasteiger partial charge in [0.2, 0.25) is 0 Å².